The summed E-state index contributed by atoms with van der Waals surface area (Å²) in [5, 5.41) is 2.70. The lowest BCUT2D eigenvalue weighted by Crippen LogP contribution is -2.56. The zero-order valence-electron chi connectivity index (χ0n) is 15.5. The summed E-state index contributed by atoms with van der Waals surface area (Å²) in [5.74, 6) is 0.209. The molecule has 142 valence electrons. The number of rotatable bonds is 6. The maximum absolute atomic E-state index is 12.8. The molecule has 7 heteroatoms. The van der Waals surface area contributed by atoms with E-state index >= 15 is 0 Å². The van der Waals surface area contributed by atoms with Crippen molar-refractivity contribution >= 4 is 17.7 Å². The Morgan fingerprint density at radius 2 is 1.84 bits per heavy atom. The highest BCUT2D eigenvalue weighted by molar-refractivity contribution is 5.90. The zero-order valence-corrected chi connectivity index (χ0v) is 15.5. The van der Waals surface area contributed by atoms with Crippen molar-refractivity contribution in [3.05, 3.63) is 0 Å². The smallest absolute Gasteiger partial charge is 0.245 e. The highest BCUT2D eigenvalue weighted by Gasteiger charge is 2.35. The summed E-state index contributed by atoms with van der Waals surface area (Å²) in [6.45, 7) is 6.97. The Labute approximate surface area is 150 Å². The standard InChI is InChI=1S/C18H31N3O4/c1-14(2)6-7-16(22)19-13-17(23)21-8-4-3-5-15(21)18(24)20-9-11-25-12-10-20/h14-15H,3-13H2,1-2H3,(H,19,22). The van der Waals surface area contributed by atoms with E-state index in [1.807, 2.05) is 0 Å². The molecule has 1 N–H and O–H groups in total. The number of hydrogen-bond donors (Lipinski definition) is 1. The van der Waals surface area contributed by atoms with Crippen LogP contribution >= 0.6 is 0 Å². The third-order valence-electron chi connectivity index (χ3n) is 4.82. The van der Waals surface area contributed by atoms with Gasteiger partial charge in [0.25, 0.3) is 0 Å². The van der Waals surface area contributed by atoms with Crippen molar-refractivity contribution in [1.82, 2.24) is 15.1 Å². The number of morpholine rings is 1. The van der Waals surface area contributed by atoms with Crippen LogP contribution in [0.15, 0.2) is 0 Å². The number of amides is 3. The van der Waals surface area contributed by atoms with Crippen LogP contribution in [0.1, 0.15) is 46.0 Å². The van der Waals surface area contributed by atoms with Gasteiger partial charge < -0.3 is 19.9 Å². The maximum Gasteiger partial charge on any atom is 0.245 e. The molecule has 2 fully saturated rings. The lowest BCUT2D eigenvalue weighted by atomic mass is 10.0. The topological polar surface area (TPSA) is 79.0 Å². The fourth-order valence-corrected chi connectivity index (χ4v) is 3.27. The molecule has 25 heavy (non-hydrogen) atoms. The number of piperidine rings is 1. The van der Waals surface area contributed by atoms with Gasteiger partial charge in [-0.2, -0.15) is 0 Å². The molecule has 0 radical (unpaired) electrons. The maximum atomic E-state index is 12.8. The van der Waals surface area contributed by atoms with Crippen LogP contribution in [0.5, 0.6) is 0 Å². The second-order valence-electron chi connectivity index (χ2n) is 7.25. The monoisotopic (exact) mass is 353 g/mol. The van der Waals surface area contributed by atoms with E-state index in [0.717, 1.165) is 19.3 Å². The lowest BCUT2D eigenvalue weighted by molar-refractivity contribution is -0.150. The molecule has 2 aliphatic heterocycles. The Hall–Kier alpha value is -1.63. The third-order valence-corrected chi connectivity index (χ3v) is 4.82. The van der Waals surface area contributed by atoms with Crippen molar-refractivity contribution in [2.24, 2.45) is 5.92 Å². The summed E-state index contributed by atoms with van der Waals surface area (Å²) in [6.07, 6.45) is 3.79. The summed E-state index contributed by atoms with van der Waals surface area (Å²) >= 11 is 0. The molecule has 0 saturated carbocycles. The minimum Gasteiger partial charge on any atom is -0.378 e. The average molecular weight is 353 g/mol. The van der Waals surface area contributed by atoms with Crippen LogP contribution in [-0.4, -0.2) is 73.0 Å². The van der Waals surface area contributed by atoms with E-state index in [-0.39, 0.29) is 24.3 Å². The van der Waals surface area contributed by atoms with Gasteiger partial charge >= 0.3 is 0 Å². The molecular weight excluding hydrogens is 322 g/mol. The number of carbonyl (C=O) groups is 3. The molecule has 0 aromatic carbocycles. The quantitative estimate of drug-likeness (QED) is 0.765. The fourth-order valence-electron chi connectivity index (χ4n) is 3.27. The third kappa shape index (κ3) is 5.99. The van der Waals surface area contributed by atoms with Crippen molar-refractivity contribution in [2.75, 3.05) is 39.4 Å². The summed E-state index contributed by atoms with van der Waals surface area (Å²) in [7, 11) is 0. The number of nitrogens with one attached hydrogen (secondary N) is 1. The molecule has 0 spiro atoms. The number of ether oxygens (including phenoxy) is 1. The number of hydrogen-bond acceptors (Lipinski definition) is 4. The second kappa shape index (κ2) is 9.75. The highest BCUT2D eigenvalue weighted by Crippen LogP contribution is 2.19. The molecule has 1 atom stereocenters. The van der Waals surface area contributed by atoms with E-state index < -0.39 is 6.04 Å². The van der Waals surface area contributed by atoms with Crippen LogP contribution < -0.4 is 5.32 Å². The van der Waals surface area contributed by atoms with Crippen molar-refractivity contribution in [3.63, 3.8) is 0 Å². The largest absolute Gasteiger partial charge is 0.378 e. The molecule has 2 rings (SSSR count). The summed E-state index contributed by atoms with van der Waals surface area (Å²) in [5.41, 5.74) is 0. The molecule has 7 nitrogen and oxygen atoms in total. The van der Waals surface area contributed by atoms with Gasteiger partial charge in [-0.15, -0.1) is 0 Å². The van der Waals surface area contributed by atoms with Gasteiger partial charge in [-0.1, -0.05) is 13.8 Å². The van der Waals surface area contributed by atoms with Gasteiger partial charge in [0.1, 0.15) is 6.04 Å². The van der Waals surface area contributed by atoms with Crippen molar-refractivity contribution in [1.29, 1.82) is 0 Å². The van der Waals surface area contributed by atoms with Crippen molar-refractivity contribution in [2.45, 2.75) is 52.0 Å². The van der Waals surface area contributed by atoms with E-state index in [4.69, 9.17) is 4.74 Å². The Morgan fingerprint density at radius 1 is 1.12 bits per heavy atom. The average Bonchev–Trinajstić information content (AvgIpc) is 2.64. The van der Waals surface area contributed by atoms with Crippen LogP contribution in [0.2, 0.25) is 0 Å². The van der Waals surface area contributed by atoms with Gasteiger partial charge in [-0.25, -0.2) is 0 Å². The van der Waals surface area contributed by atoms with Crippen LogP contribution in [0, 0.1) is 5.92 Å². The van der Waals surface area contributed by atoms with Gasteiger partial charge in [-0.3, -0.25) is 14.4 Å². The first-order valence-corrected chi connectivity index (χ1v) is 9.41. The van der Waals surface area contributed by atoms with Crippen LogP contribution in [0.25, 0.3) is 0 Å². The Balaban J connectivity index is 1.87. The number of carbonyl (C=O) groups excluding carboxylic acids is 3. The minimum absolute atomic E-state index is 0.0162. The van der Waals surface area contributed by atoms with Gasteiger partial charge in [0.05, 0.1) is 19.8 Å². The van der Waals surface area contributed by atoms with Gasteiger partial charge in [0.2, 0.25) is 17.7 Å². The molecule has 3 amide bonds. The number of likely N-dealkylation sites (tertiary alicyclic amines) is 1. The summed E-state index contributed by atoms with van der Waals surface area (Å²) in [4.78, 5) is 40.6. The minimum atomic E-state index is -0.396. The molecule has 0 aliphatic carbocycles. The van der Waals surface area contributed by atoms with Crippen LogP contribution in [0.3, 0.4) is 0 Å². The first-order chi connectivity index (χ1) is 12.0. The van der Waals surface area contributed by atoms with Crippen molar-refractivity contribution < 1.29 is 19.1 Å². The van der Waals surface area contributed by atoms with E-state index in [0.29, 0.717) is 51.6 Å². The Bertz CT molecular complexity index is 475. The van der Waals surface area contributed by atoms with Gasteiger partial charge in [-0.05, 0) is 31.6 Å². The molecule has 2 aliphatic rings. The van der Waals surface area contributed by atoms with Crippen LogP contribution in [0.4, 0.5) is 0 Å². The first-order valence-electron chi connectivity index (χ1n) is 9.41. The molecule has 1 unspecified atom stereocenters. The molecular formula is C18H31N3O4. The fraction of sp³-hybridized carbons (Fsp3) is 0.833. The SMILES string of the molecule is CC(C)CCC(=O)NCC(=O)N1CCCCC1C(=O)N1CCOCC1. The summed E-state index contributed by atoms with van der Waals surface area (Å²) in [6, 6.07) is -0.396. The first kappa shape index (κ1) is 19.7. The Kier molecular flexibility index (Phi) is 7.68. The van der Waals surface area contributed by atoms with Gasteiger partial charge in [0.15, 0.2) is 0 Å². The Morgan fingerprint density at radius 3 is 2.52 bits per heavy atom. The predicted octanol–water partition coefficient (Wildman–Crippen LogP) is 0.779. The lowest BCUT2D eigenvalue weighted by Gasteiger charge is -2.38. The second-order valence-corrected chi connectivity index (χ2v) is 7.25. The normalized spacial score (nSPS) is 21.3. The van der Waals surface area contributed by atoms with Crippen LogP contribution in [-0.2, 0) is 19.1 Å². The molecule has 0 aromatic rings. The van der Waals surface area contributed by atoms with E-state index in [9.17, 15) is 14.4 Å². The molecule has 2 saturated heterocycles. The van der Waals surface area contributed by atoms with Crippen molar-refractivity contribution in [3.8, 4) is 0 Å². The van der Waals surface area contributed by atoms with E-state index in [1.54, 1.807) is 9.80 Å². The van der Waals surface area contributed by atoms with Gasteiger partial charge in [0, 0.05) is 26.1 Å². The number of nitrogens with zero attached hydrogens (tertiary/aromatic N) is 2. The highest BCUT2D eigenvalue weighted by atomic mass is 16.5. The zero-order chi connectivity index (χ0) is 18.2. The van der Waals surface area contributed by atoms with E-state index in [2.05, 4.69) is 19.2 Å². The molecule has 0 bridgehead atoms. The molecule has 0 aromatic heterocycles. The predicted molar refractivity (Wildman–Crippen MR) is 93.8 cm³/mol. The van der Waals surface area contributed by atoms with E-state index in [1.165, 1.54) is 0 Å². The molecule has 2 heterocycles. The summed E-state index contributed by atoms with van der Waals surface area (Å²) < 4.78 is 5.29.